The van der Waals surface area contributed by atoms with Crippen molar-refractivity contribution in [3.05, 3.63) is 218 Å². The summed E-state index contributed by atoms with van der Waals surface area (Å²) in [5, 5.41) is 7.21. The summed E-state index contributed by atoms with van der Waals surface area (Å²) in [5.74, 6) is 1.88. The molecule has 0 saturated heterocycles. The highest BCUT2D eigenvalue weighted by Crippen LogP contribution is 2.44. The molecule has 0 radical (unpaired) electrons. The zero-order valence-electron chi connectivity index (χ0n) is 34.0. The van der Waals surface area contributed by atoms with E-state index < -0.39 is 0 Å². The Bertz CT molecular complexity index is 3840. The van der Waals surface area contributed by atoms with Crippen molar-refractivity contribution in [1.29, 1.82) is 0 Å². The van der Waals surface area contributed by atoms with E-state index in [9.17, 15) is 0 Å². The van der Waals surface area contributed by atoms with Gasteiger partial charge >= 0.3 is 0 Å². The van der Waals surface area contributed by atoms with Crippen LogP contribution in [0, 0.1) is 0 Å². The molecule has 0 N–H and O–H groups in total. The van der Waals surface area contributed by atoms with E-state index in [4.69, 9.17) is 15.0 Å². The molecule has 0 amide bonds. The summed E-state index contributed by atoms with van der Waals surface area (Å²) in [6, 6.07) is 77.3. The Balaban J connectivity index is 1.09. The number of aromatic nitrogens is 6. The molecule has 0 aliphatic heterocycles. The van der Waals surface area contributed by atoms with Crippen LogP contribution in [0.4, 0.5) is 0 Å². The Morgan fingerprint density at radius 2 is 0.778 bits per heavy atom. The van der Waals surface area contributed by atoms with Crippen molar-refractivity contribution >= 4 is 65.4 Å². The van der Waals surface area contributed by atoms with Gasteiger partial charge in [0.1, 0.15) is 0 Å². The Morgan fingerprint density at radius 1 is 0.286 bits per heavy atom. The zero-order chi connectivity index (χ0) is 41.4. The first-order chi connectivity index (χ1) is 31.3. The maximum absolute atomic E-state index is 5.19. The number of nitrogens with zero attached hydrogens (tertiary/aromatic N) is 6. The quantitative estimate of drug-likeness (QED) is 0.168. The summed E-state index contributed by atoms with van der Waals surface area (Å²) in [4.78, 5) is 15.4. The fourth-order valence-electron chi connectivity index (χ4n) is 9.78. The molecule has 4 aromatic heterocycles. The van der Waals surface area contributed by atoms with Gasteiger partial charge in [-0.3, -0.25) is 0 Å². The molecule has 0 spiro atoms. The maximum atomic E-state index is 5.19. The van der Waals surface area contributed by atoms with Gasteiger partial charge in [0.25, 0.3) is 0 Å². The first-order valence-corrected chi connectivity index (χ1v) is 21.3. The molecule has 4 heterocycles. The van der Waals surface area contributed by atoms with Crippen molar-refractivity contribution in [3.8, 4) is 51.2 Å². The van der Waals surface area contributed by atoms with Crippen molar-refractivity contribution in [2.45, 2.75) is 0 Å². The van der Waals surface area contributed by atoms with Crippen LogP contribution >= 0.6 is 0 Å². The van der Waals surface area contributed by atoms with Gasteiger partial charge in [-0.05, 0) is 66.7 Å². The average molecular weight is 805 g/mol. The van der Waals surface area contributed by atoms with E-state index in [-0.39, 0.29) is 0 Å². The molecule has 6 nitrogen and oxygen atoms in total. The SMILES string of the molecule is c1ccc(-c2nc(-c3ccccc3)nc(-c3ccccc3-n3c4ccccc4c4c3ccc3c5ccccc5n(-c5ccc6c(c5)c5ccccc5n6-c5ccccc5)c34)n2)cc1. The predicted octanol–water partition coefficient (Wildman–Crippen LogP) is 14.2. The molecule has 13 rings (SSSR count). The number of fused-ring (bicyclic) bond motifs is 10. The fourth-order valence-corrected chi connectivity index (χ4v) is 9.78. The van der Waals surface area contributed by atoms with Crippen LogP contribution in [0.3, 0.4) is 0 Å². The fraction of sp³-hybridized carbons (Fsp3) is 0. The van der Waals surface area contributed by atoms with Gasteiger partial charge in [-0.25, -0.2) is 15.0 Å². The normalized spacial score (nSPS) is 11.8. The van der Waals surface area contributed by atoms with E-state index in [0.29, 0.717) is 17.5 Å². The van der Waals surface area contributed by atoms with Crippen molar-refractivity contribution in [2.24, 2.45) is 0 Å². The highest BCUT2D eigenvalue weighted by atomic mass is 15.1. The van der Waals surface area contributed by atoms with Crippen LogP contribution in [0.15, 0.2) is 218 Å². The first-order valence-electron chi connectivity index (χ1n) is 21.3. The first kappa shape index (κ1) is 35.2. The summed E-state index contributed by atoms with van der Waals surface area (Å²) in [7, 11) is 0. The lowest BCUT2D eigenvalue weighted by Gasteiger charge is -2.15. The topological polar surface area (TPSA) is 53.5 Å². The third kappa shape index (κ3) is 5.41. The van der Waals surface area contributed by atoms with Crippen LogP contribution in [0.1, 0.15) is 0 Å². The van der Waals surface area contributed by atoms with Crippen LogP contribution in [-0.2, 0) is 0 Å². The monoisotopic (exact) mass is 804 g/mol. The Morgan fingerprint density at radius 3 is 1.46 bits per heavy atom. The molecule has 13 aromatic rings. The summed E-state index contributed by atoms with van der Waals surface area (Å²) < 4.78 is 7.25. The summed E-state index contributed by atoms with van der Waals surface area (Å²) >= 11 is 0. The molecule has 0 aliphatic rings. The smallest absolute Gasteiger partial charge is 0.166 e. The molecule has 0 saturated carbocycles. The van der Waals surface area contributed by atoms with Crippen LogP contribution in [0.5, 0.6) is 0 Å². The van der Waals surface area contributed by atoms with E-state index in [1.807, 2.05) is 36.4 Å². The van der Waals surface area contributed by atoms with Gasteiger partial charge in [0.15, 0.2) is 17.5 Å². The predicted molar refractivity (Wildman–Crippen MR) is 259 cm³/mol. The molecule has 0 atom stereocenters. The second kappa shape index (κ2) is 14.0. The largest absolute Gasteiger partial charge is 0.309 e. The van der Waals surface area contributed by atoms with E-state index in [2.05, 4.69) is 196 Å². The molecule has 9 aromatic carbocycles. The molecule has 0 aliphatic carbocycles. The zero-order valence-corrected chi connectivity index (χ0v) is 34.0. The number of hydrogen-bond donors (Lipinski definition) is 0. The second-order valence-electron chi connectivity index (χ2n) is 16.0. The molecule has 0 bridgehead atoms. The van der Waals surface area contributed by atoms with Gasteiger partial charge in [0.2, 0.25) is 0 Å². The number of hydrogen-bond acceptors (Lipinski definition) is 3. The maximum Gasteiger partial charge on any atom is 0.166 e. The third-order valence-corrected chi connectivity index (χ3v) is 12.5. The van der Waals surface area contributed by atoms with Gasteiger partial charge in [0.05, 0.1) is 38.8 Å². The summed E-state index contributed by atoms with van der Waals surface area (Å²) in [5.41, 5.74) is 12.9. The molecular formula is C57H36N6. The van der Waals surface area contributed by atoms with Crippen molar-refractivity contribution in [3.63, 3.8) is 0 Å². The van der Waals surface area contributed by atoms with E-state index in [1.165, 1.54) is 48.9 Å². The van der Waals surface area contributed by atoms with Crippen molar-refractivity contribution < 1.29 is 0 Å². The second-order valence-corrected chi connectivity index (χ2v) is 16.0. The van der Waals surface area contributed by atoms with Crippen LogP contribution in [-0.4, -0.2) is 28.7 Å². The van der Waals surface area contributed by atoms with E-state index in [0.717, 1.165) is 50.3 Å². The van der Waals surface area contributed by atoms with E-state index in [1.54, 1.807) is 0 Å². The van der Waals surface area contributed by atoms with Gasteiger partial charge in [-0.1, -0.05) is 152 Å². The number of para-hydroxylation sites is 5. The van der Waals surface area contributed by atoms with Crippen LogP contribution < -0.4 is 0 Å². The van der Waals surface area contributed by atoms with Gasteiger partial charge in [0, 0.05) is 60.4 Å². The van der Waals surface area contributed by atoms with Crippen LogP contribution in [0.2, 0.25) is 0 Å². The van der Waals surface area contributed by atoms with Gasteiger partial charge in [-0.15, -0.1) is 0 Å². The Hall–Kier alpha value is -8.61. The Kier molecular flexibility index (Phi) is 7.80. The van der Waals surface area contributed by atoms with Crippen molar-refractivity contribution in [1.82, 2.24) is 28.7 Å². The third-order valence-electron chi connectivity index (χ3n) is 12.5. The molecule has 294 valence electrons. The van der Waals surface area contributed by atoms with Gasteiger partial charge in [-0.2, -0.15) is 0 Å². The highest BCUT2D eigenvalue weighted by molar-refractivity contribution is 6.26. The minimum absolute atomic E-state index is 0.613. The summed E-state index contributed by atoms with van der Waals surface area (Å²) in [6.07, 6.45) is 0. The Labute approximate surface area is 362 Å². The minimum Gasteiger partial charge on any atom is -0.309 e. The molecule has 6 heteroatoms. The lowest BCUT2D eigenvalue weighted by atomic mass is 10.1. The molecular weight excluding hydrogens is 769 g/mol. The molecule has 0 unspecified atom stereocenters. The lowest BCUT2D eigenvalue weighted by molar-refractivity contribution is 1.06. The number of benzene rings is 9. The molecule has 63 heavy (non-hydrogen) atoms. The minimum atomic E-state index is 0.613. The van der Waals surface area contributed by atoms with Gasteiger partial charge < -0.3 is 13.7 Å². The highest BCUT2D eigenvalue weighted by Gasteiger charge is 2.24. The van der Waals surface area contributed by atoms with Crippen LogP contribution in [0.25, 0.3) is 117 Å². The van der Waals surface area contributed by atoms with Crippen molar-refractivity contribution in [2.75, 3.05) is 0 Å². The summed E-state index contributed by atoms with van der Waals surface area (Å²) in [6.45, 7) is 0. The standard InChI is InChI=1S/C57H36N6/c1-4-18-37(19-5-1)55-58-56(38-20-6-2-7-21-38)60-57(59-55)45-27-13-17-31-50(45)63-49-30-16-12-26-44(49)53-52(63)35-33-43-41-24-10-15-29-48(41)62(54(43)53)40-32-34-51-46(36-40)42-25-11-14-28-47(42)61(51)39-22-8-3-9-23-39/h1-36H. The average Bonchev–Trinajstić information content (AvgIpc) is 4.00. The molecule has 0 fully saturated rings. The van der Waals surface area contributed by atoms with E-state index >= 15 is 0 Å². The lowest BCUT2D eigenvalue weighted by Crippen LogP contribution is -2.03. The number of rotatable bonds is 6.